The largest absolute Gasteiger partial charge is 0.247 e. The van der Waals surface area contributed by atoms with Gasteiger partial charge in [0.25, 0.3) is 0 Å². The average molecular weight is 339 g/mol. The third-order valence-corrected chi connectivity index (χ3v) is 5.09. The standard InChI is InChI=1S/C16H13N5S2/c1-22-15-18-13-12(8-5-9-17-13)14-19-20-16(21(14)15)23-10-11-6-3-2-4-7-11/h2-9H,10H2,1H3. The maximum Gasteiger partial charge on any atom is 0.198 e. The second kappa shape index (κ2) is 6.17. The summed E-state index contributed by atoms with van der Waals surface area (Å²) in [6.07, 6.45) is 3.75. The second-order valence-electron chi connectivity index (χ2n) is 4.89. The maximum atomic E-state index is 4.63. The van der Waals surface area contributed by atoms with E-state index in [0.29, 0.717) is 5.65 Å². The first-order valence-electron chi connectivity index (χ1n) is 7.07. The average Bonchev–Trinajstić information content (AvgIpc) is 3.04. The zero-order chi connectivity index (χ0) is 15.6. The van der Waals surface area contributed by atoms with Crippen molar-refractivity contribution in [2.75, 3.05) is 6.26 Å². The Hall–Kier alpha value is -2.12. The van der Waals surface area contributed by atoms with E-state index in [1.165, 1.54) is 5.56 Å². The molecule has 0 saturated heterocycles. The van der Waals surface area contributed by atoms with Crippen molar-refractivity contribution in [1.82, 2.24) is 24.6 Å². The summed E-state index contributed by atoms with van der Waals surface area (Å²) < 4.78 is 2.02. The van der Waals surface area contributed by atoms with Gasteiger partial charge in [-0.25, -0.2) is 14.4 Å². The van der Waals surface area contributed by atoms with Crippen LogP contribution >= 0.6 is 23.5 Å². The van der Waals surface area contributed by atoms with Crippen LogP contribution in [0.1, 0.15) is 5.56 Å². The highest BCUT2D eigenvalue weighted by atomic mass is 32.2. The van der Waals surface area contributed by atoms with E-state index < -0.39 is 0 Å². The highest BCUT2D eigenvalue weighted by Gasteiger charge is 2.15. The third-order valence-electron chi connectivity index (χ3n) is 3.45. The highest BCUT2D eigenvalue weighted by Crippen LogP contribution is 2.28. The zero-order valence-electron chi connectivity index (χ0n) is 12.4. The number of rotatable bonds is 4. The number of nitrogens with zero attached hydrogens (tertiary/aromatic N) is 5. The predicted molar refractivity (Wildman–Crippen MR) is 93.9 cm³/mol. The van der Waals surface area contributed by atoms with Crippen LogP contribution in [-0.4, -0.2) is 30.8 Å². The Balaban J connectivity index is 1.80. The zero-order valence-corrected chi connectivity index (χ0v) is 14.0. The van der Waals surface area contributed by atoms with Gasteiger partial charge in [0.2, 0.25) is 0 Å². The lowest BCUT2D eigenvalue weighted by Gasteiger charge is -2.06. The third kappa shape index (κ3) is 2.66. The molecule has 1 aromatic carbocycles. The molecule has 0 amide bonds. The molecular weight excluding hydrogens is 326 g/mol. The van der Waals surface area contributed by atoms with Gasteiger partial charge >= 0.3 is 0 Å². The lowest BCUT2D eigenvalue weighted by molar-refractivity contribution is 0.814. The molecule has 0 fully saturated rings. The van der Waals surface area contributed by atoms with Gasteiger partial charge in [-0.15, -0.1) is 10.2 Å². The minimum Gasteiger partial charge on any atom is -0.247 e. The Labute approximate surface area is 141 Å². The molecule has 0 spiro atoms. The SMILES string of the molecule is CSc1nc2ncccc2c2nnc(SCc3ccccc3)n12. The first-order chi connectivity index (χ1) is 11.4. The summed E-state index contributed by atoms with van der Waals surface area (Å²) in [7, 11) is 0. The summed E-state index contributed by atoms with van der Waals surface area (Å²) in [6.45, 7) is 0. The molecular formula is C16H13N5S2. The van der Waals surface area contributed by atoms with E-state index in [4.69, 9.17) is 0 Å². The minimum atomic E-state index is 0.705. The van der Waals surface area contributed by atoms with Crippen LogP contribution in [0.25, 0.3) is 16.7 Å². The van der Waals surface area contributed by atoms with E-state index in [1.54, 1.807) is 29.7 Å². The fraction of sp³-hybridized carbons (Fsp3) is 0.125. The van der Waals surface area contributed by atoms with E-state index in [-0.39, 0.29) is 0 Å². The van der Waals surface area contributed by atoms with Crippen molar-refractivity contribution in [3.63, 3.8) is 0 Å². The number of hydrogen-bond acceptors (Lipinski definition) is 6. The number of benzene rings is 1. The molecule has 0 aliphatic rings. The van der Waals surface area contributed by atoms with Gasteiger partial charge in [0.15, 0.2) is 21.6 Å². The maximum absolute atomic E-state index is 4.63. The van der Waals surface area contributed by atoms with Crippen molar-refractivity contribution >= 4 is 40.2 Å². The van der Waals surface area contributed by atoms with Gasteiger partial charge in [-0.05, 0) is 24.0 Å². The fourth-order valence-corrected chi connectivity index (χ4v) is 3.85. The second-order valence-corrected chi connectivity index (χ2v) is 6.60. The molecule has 0 saturated carbocycles. The number of hydrogen-bond donors (Lipinski definition) is 0. The molecule has 0 radical (unpaired) electrons. The van der Waals surface area contributed by atoms with Gasteiger partial charge in [0, 0.05) is 11.9 Å². The van der Waals surface area contributed by atoms with Crippen LogP contribution in [0.15, 0.2) is 59.0 Å². The van der Waals surface area contributed by atoms with Crippen LogP contribution in [0.4, 0.5) is 0 Å². The summed E-state index contributed by atoms with van der Waals surface area (Å²) >= 11 is 3.24. The van der Waals surface area contributed by atoms with Crippen molar-refractivity contribution < 1.29 is 0 Å². The summed E-state index contributed by atoms with van der Waals surface area (Å²) in [5.41, 5.74) is 2.77. The van der Waals surface area contributed by atoms with Crippen LogP contribution in [0.3, 0.4) is 0 Å². The number of thioether (sulfide) groups is 2. The lowest BCUT2D eigenvalue weighted by Crippen LogP contribution is -1.98. The number of fused-ring (bicyclic) bond motifs is 3. The Morgan fingerprint density at radius 2 is 1.87 bits per heavy atom. The fourth-order valence-electron chi connectivity index (χ4n) is 2.37. The Kier molecular flexibility index (Phi) is 3.88. The molecule has 0 unspecified atom stereocenters. The molecule has 3 heterocycles. The van der Waals surface area contributed by atoms with E-state index in [9.17, 15) is 0 Å². The molecule has 4 rings (SSSR count). The van der Waals surface area contributed by atoms with Crippen LogP contribution in [0, 0.1) is 0 Å². The molecule has 5 nitrogen and oxygen atoms in total. The summed E-state index contributed by atoms with van der Waals surface area (Å²) in [6, 6.07) is 14.2. The molecule has 0 bridgehead atoms. The van der Waals surface area contributed by atoms with Crippen molar-refractivity contribution in [2.24, 2.45) is 0 Å². The summed E-state index contributed by atoms with van der Waals surface area (Å²) in [4.78, 5) is 8.96. The monoisotopic (exact) mass is 339 g/mol. The van der Waals surface area contributed by atoms with Crippen LogP contribution in [0.5, 0.6) is 0 Å². The smallest absolute Gasteiger partial charge is 0.198 e. The predicted octanol–water partition coefficient (Wildman–Crippen LogP) is 3.69. The first-order valence-corrected chi connectivity index (χ1v) is 9.28. The Morgan fingerprint density at radius 1 is 1.00 bits per heavy atom. The molecule has 0 atom stereocenters. The molecule has 4 aromatic rings. The van der Waals surface area contributed by atoms with E-state index in [0.717, 1.165) is 27.1 Å². The minimum absolute atomic E-state index is 0.705. The summed E-state index contributed by atoms with van der Waals surface area (Å²) in [5.74, 6) is 0.848. The van der Waals surface area contributed by atoms with Gasteiger partial charge in [0.1, 0.15) is 0 Å². The van der Waals surface area contributed by atoms with Gasteiger partial charge < -0.3 is 0 Å². The Bertz CT molecular complexity index is 968. The molecule has 7 heteroatoms. The molecule has 0 aliphatic heterocycles. The van der Waals surface area contributed by atoms with Gasteiger partial charge in [-0.2, -0.15) is 0 Å². The molecule has 0 aliphatic carbocycles. The van der Waals surface area contributed by atoms with Gasteiger partial charge in [-0.3, -0.25) is 0 Å². The van der Waals surface area contributed by atoms with Crippen LogP contribution < -0.4 is 0 Å². The molecule has 3 aromatic heterocycles. The summed E-state index contributed by atoms with van der Waals surface area (Å²) in [5, 5.41) is 11.4. The van der Waals surface area contributed by atoms with E-state index >= 15 is 0 Å². The topological polar surface area (TPSA) is 56.0 Å². The van der Waals surface area contributed by atoms with Crippen molar-refractivity contribution in [1.29, 1.82) is 0 Å². The first kappa shape index (κ1) is 14.5. The lowest BCUT2D eigenvalue weighted by atomic mass is 10.2. The van der Waals surface area contributed by atoms with E-state index in [1.807, 2.05) is 41.0 Å². The number of aromatic nitrogens is 5. The normalized spacial score (nSPS) is 11.3. The van der Waals surface area contributed by atoms with Crippen LogP contribution in [0.2, 0.25) is 0 Å². The van der Waals surface area contributed by atoms with Gasteiger partial charge in [-0.1, -0.05) is 53.9 Å². The van der Waals surface area contributed by atoms with Crippen molar-refractivity contribution in [2.45, 2.75) is 16.1 Å². The van der Waals surface area contributed by atoms with Gasteiger partial charge in [0.05, 0.1) is 5.39 Å². The van der Waals surface area contributed by atoms with E-state index in [2.05, 4.69) is 32.3 Å². The van der Waals surface area contributed by atoms with Crippen molar-refractivity contribution in [3.8, 4) is 0 Å². The highest BCUT2D eigenvalue weighted by molar-refractivity contribution is 7.99. The quantitative estimate of drug-likeness (QED) is 0.417. The molecule has 0 N–H and O–H groups in total. The molecule has 114 valence electrons. The van der Waals surface area contributed by atoms with Crippen molar-refractivity contribution in [3.05, 3.63) is 54.2 Å². The molecule has 23 heavy (non-hydrogen) atoms. The Morgan fingerprint density at radius 3 is 2.70 bits per heavy atom. The number of pyridine rings is 1. The van der Waals surface area contributed by atoms with Crippen LogP contribution in [-0.2, 0) is 5.75 Å².